The number of hydrogen-bond donors (Lipinski definition) is 0. The molecule has 0 saturated heterocycles. The molecule has 1 amide bonds. The minimum Gasteiger partial charge on any atom is -0.468 e. The number of nitrogens with zero attached hydrogens (tertiary/aromatic N) is 1. The van der Waals surface area contributed by atoms with Gasteiger partial charge in [0.2, 0.25) is 5.91 Å². The van der Waals surface area contributed by atoms with Crippen LogP contribution in [0, 0.1) is 0 Å². The third-order valence-corrected chi connectivity index (χ3v) is 3.57. The maximum atomic E-state index is 11.7. The highest BCUT2D eigenvalue weighted by molar-refractivity contribution is 7.99. The van der Waals surface area contributed by atoms with Gasteiger partial charge in [0, 0.05) is 7.05 Å². The molecule has 0 atom stereocenters. The molecule has 0 radical (unpaired) electrons. The molecule has 0 unspecified atom stereocenters. The van der Waals surface area contributed by atoms with Crippen molar-refractivity contribution in [1.82, 2.24) is 4.90 Å². The van der Waals surface area contributed by atoms with Gasteiger partial charge in [0.1, 0.15) is 6.54 Å². The molecule has 0 fully saturated rings. The lowest BCUT2D eigenvalue weighted by Gasteiger charge is -2.15. The van der Waals surface area contributed by atoms with Crippen molar-refractivity contribution in [3.63, 3.8) is 0 Å². The number of carbonyl (C=O) groups excluding carboxylic acids is 2. The zero-order chi connectivity index (χ0) is 14.1. The minimum atomic E-state index is -0.398. The van der Waals surface area contributed by atoms with Gasteiger partial charge in [-0.05, 0) is 17.7 Å². The second-order valence-electron chi connectivity index (χ2n) is 4.11. The van der Waals surface area contributed by atoms with Crippen LogP contribution in [0.4, 0.5) is 0 Å². The number of amides is 1. The van der Waals surface area contributed by atoms with Crippen molar-refractivity contribution >= 4 is 23.6 Å². The summed E-state index contributed by atoms with van der Waals surface area (Å²) in [6, 6.07) is 10.2. The van der Waals surface area contributed by atoms with Crippen LogP contribution in [0.15, 0.2) is 30.3 Å². The van der Waals surface area contributed by atoms with Gasteiger partial charge in [-0.3, -0.25) is 9.59 Å². The first-order chi connectivity index (χ1) is 9.13. The van der Waals surface area contributed by atoms with Gasteiger partial charge in [-0.25, -0.2) is 0 Å². The fourth-order valence-corrected chi connectivity index (χ4v) is 2.37. The molecule has 0 spiro atoms. The summed E-state index contributed by atoms with van der Waals surface area (Å²) < 4.78 is 4.51. The van der Waals surface area contributed by atoms with Gasteiger partial charge in [0.05, 0.1) is 12.9 Å². The van der Waals surface area contributed by atoms with Crippen LogP contribution in [-0.4, -0.2) is 49.0 Å². The molecule has 0 aliphatic rings. The molecule has 0 aliphatic heterocycles. The van der Waals surface area contributed by atoms with Crippen LogP contribution < -0.4 is 0 Å². The van der Waals surface area contributed by atoms with Gasteiger partial charge in [0.15, 0.2) is 0 Å². The van der Waals surface area contributed by atoms with Crippen molar-refractivity contribution in [2.24, 2.45) is 0 Å². The third kappa shape index (κ3) is 6.29. The Morgan fingerprint density at radius 1 is 1.26 bits per heavy atom. The van der Waals surface area contributed by atoms with Crippen molar-refractivity contribution in [3.8, 4) is 0 Å². The summed E-state index contributed by atoms with van der Waals surface area (Å²) in [5.41, 5.74) is 1.27. The molecule has 104 valence electrons. The number of ether oxygens (including phenoxy) is 1. The number of thioether (sulfide) groups is 1. The first-order valence-electron chi connectivity index (χ1n) is 6.06. The van der Waals surface area contributed by atoms with E-state index in [1.54, 1.807) is 18.8 Å². The van der Waals surface area contributed by atoms with Crippen molar-refractivity contribution in [3.05, 3.63) is 35.9 Å². The monoisotopic (exact) mass is 281 g/mol. The normalized spacial score (nSPS) is 10.0. The lowest BCUT2D eigenvalue weighted by Crippen LogP contribution is -2.33. The van der Waals surface area contributed by atoms with E-state index in [1.165, 1.54) is 17.6 Å². The van der Waals surface area contributed by atoms with Crippen LogP contribution in [0.25, 0.3) is 0 Å². The quantitative estimate of drug-likeness (QED) is 0.562. The molecule has 0 heterocycles. The Kier molecular flexibility index (Phi) is 7.03. The van der Waals surface area contributed by atoms with Gasteiger partial charge in [-0.2, -0.15) is 11.8 Å². The van der Waals surface area contributed by atoms with Crippen LogP contribution in [0.5, 0.6) is 0 Å². The predicted molar refractivity (Wildman–Crippen MR) is 77.1 cm³/mol. The highest BCUT2D eigenvalue weighted by Crippen LogP contribution is 2.07. The first kappa shape index (κ1) is 15.6. The molecule has 1 aromatic rings. The Bertz CT molecular complexity index is 408. The number of methoxy groups -OCH3 is 1. The Hall–Kier alpha value is -1.49. The summed E-state index contributed by atoms with van der Waals surface area (Å²) in [6.45, 7) is 0.00851. The van der Waals surface area contributed by atoms with Gasteiger partial charge in [-0.15, -0.1) is 0 Å². The number of rotatable bonds is 7. The summed E-state index contributed by atoms with van der Waals surface area (Å²) in [5, 5.41) is 0. The molecule has 1 aromatic carbocycles. The molecule has 19 heavy (non-hydrogen) atoms. The number of aryl methyl sites for hydroxylation is 1. The highest BCUT2D eigenvalue weighted by Gasteiger charge is 2.12. The minimum absolute atomic E-state index is 0.00851. The maximum Gasteiger partial charge on any atom is 0.325 e. The zero-order valence-electron chi connectivity index (χ0n) is 11.3. The second-order valence-corrected chi connectivity index (χ2v) is 5.22. The Morgan fingerprint density at radius 2 is 1.95 bits per heavy atom. The molecular weight excluding hydrogens is 262 g/mol. The largest absolute Gasteiger partial charge is 0.468 e. The van der Waals surface area contributed by atoms with E-state index in [-0.39, 0.29) is 12.5 Å². The standard InChI is InChI=1S/C14H19NO3S/c1-15(10-14(17)18-2)13(16)11-19-9-8-12-6-4-3-5-7-12/h3-7H,8-11H2,1-2H3. The lowest BCUT2D eigenvalue weighted by molar-refractivity contribution is -0.145. The Labute approximate surface area is 118 Å². The third-order valence-electron chi connectivity index (χ3n) is 2.62. The fourth-order valence-electron chi connectivity index (χ4n) is 1.45. The van der Waals surface area contributed by atoms with Crippen LogP contribution in [0.2, 0.25) is 0 Å². The average Bonchev–Trinajstić information content (AvgIpc) is 2.44. The maximum absolute atomic E-state index is 11.7. The smallest absolute Gasteiger partial charge is 0.325 e. The molecule has 0 aliphatic carbocycles. The summed E-state index contributed by atoms with van der Waals surface area (Å²) in [7, 11) is 2.92. The van der Waals surface area contributed by atoms with Gasteiger partial charge < -0.3 is 9.64 Å². The SMILES string of the molecule is COC(=O)CN(C)C(=O)CSCCc1ccccc1. The van der Waals surface area contributed by atoms with Crippen molar-refractivity contribution in [1.29, 1.82) is 0 Å². The van der Waals surface area contributed by atoms with Gasteiger partial charge in [0.25, 0.3) is 0 Å². The summed E-state index contributed by atoms with van der Waals surface area (Å²) in [6.07, 6.45) is 0.944. The highest BCUT2D eigenvalue weighted by atomic mass is 32.2. The number of likely N-dealkylation sites (N-methyl/N-ethyl adjacent to an activating group) is 1. The molecule has 0 aromatic heterocycles. The fraction of sp³-hybridized carbons (Fsp3) is 0.429. The topological polar surface area (TPSA) is 46.6 Å². The molecule has 1 rings (SSSR count). The summed E-state index contributed by atoms with van der Waals surface area (Å²) >= 11 is 1.58. The van der Waals surface area contributed by atoms with E-state index in [2.05, 4.69) is 16.9 Å². The van der Waals surface area contributed by atoms with Gasteiger partial charge in [-0.1, -0.05) is 30.3 Å². The molecule has 5 heteroatoms. The average molecular weight is 281 g/mol. The molecule has 4 nitrogen and oxygen atoms in total. The van der Waals surface area contributed by atoms with E-state index in [0.717, 1.165) is 12.2 Å². The van der Waals surface area contributed by atoms with E-state index in [0.29, 0.717) is 5.75 Å². The molecule has 0 saturated carbocycles. The van der Waals surface area contributed by atoms with E-state index in [1.807, 2.05) is 18.2 Å². The number of esters is 1. The number of benzene rings is 1. The summed E-state index contributed by atoms with van der Waals surface area (Å²) in [4.78, 5) is 24.1. The number of hydrogen-bond acceptors (Lipinski definition) is 4. The second kappa shape index (κ2) is 8.58. The lowest BCUT2D eigenvalue weighted by atomic mass is 10.2. The molecule has 0 bridgehead atoms. The van der Waals surface area contributed by atoms with Crippen LogP contribution >= 0.6 is 11.8 Å². The first-order valence-corrected chi connectivity index (χ1v) is 7.21. The number of carbonyl (C=O) groups is 2. The molecule has 0 N–H and O–H groups in total. The predicted octanol–water partition coefficient (Wildman–Crippen LogP) is 1.59. The van der Waals surface area contributed by atoms with E-state index in [4.69, 9.17) is 0 Å². The van der Waals surface area contributed by atoms with Crippen LogP contribution in [0.3, 0.4) is 0 Å². The summed E-state index contributed by atoms with van der Waals surface area (Å²) in [5.74, 6) is 0.830. The van der Waals surface area contributed by atoms with Gasteiger partial charge >= 0.3 is 5.97 Å². The van der Waals surface area contributed by atoms with Crippen LogP contribution in [0.1, 0.15) is 5.56 Å². The van der Waals surface area contributed by atoms with Crippen molar-refractivity contribution < 1.29 is 14.3 Å². The molecular formula is C14H19NO3S. The van der Waals surface area contributed by atoms with E-state index < -0.39 is 5.97 Å². The zero-order valence-corrected chi connectivity index (χ0v) is 12.1. The van der Waals surface area contributed by atoms with E-state index >= 15 is 0 Å². The van der Waals surface area contributed by atoms with E-state index in [9.17, 15) is 9.59 Å². The Morgan fingerprint density at radius 3 is 2.58 bits per heavy atom. The van der Waals surface area contributed by atoms with Crippen molar-refractivity contribution in [2.45, 2.75) is 6.42 Å². The van der Waals surface area contributed by atoms with Crippen molar-refractivity contribution in [2.75, 3.05) is 32.2 Å². The Balaban J connectivity index is 2.18. The van der Waals surface area contributed by atoms with Crippen LogP contribution in [-0.2, 0) is 20.7 Å².